The fourth-order valence-corrected chi connectivity index (χ4v) is 8.05. The van der Waals surface area contributed by atoms with Gasteiger partial charge in [0.15, 0.2) is 0 Å². The van der Waals surface area contributed by atoms with Gasteiger partial charge in [0.05, 0.1) is 19.1 Å². The lowest BCUT2D eigenvalue weighted by Crippen LogP contribution is -2.37. The van der Waals surface area contributed by atoms with Gasteiger partial charge in [-0.2, -0.15) is 0 Å². The van der Waals surface area contributed by atoms with E-state index in [9.17, 15) is 24.0 Å². The van der Waals surface area contributed by atoms with Crippen molar-refractivity contribution in [2.45, 2.75) is 259 Å². The van der Waals surface area contributed by atoms with E-state index in [1.165, 1.54) is 77.0 Å². The molecule has 0 aliphatic heterocycles. The fraction of sp³-hybridized carbons (Fsp3) is 0.902. The van der Waals surface area contributed by atoms with Crippen molar-refractivity contribution in [2.75, 3.05) is 26.8 Å². The first-order valence-electron chi connectivity index (χ1n) is 25.6. The van der Waals surface area contributed by atoms with E-state index in [0.29, 0.717) is 25.9 Å². The highest BCUT2D eigenvalue weighted by atomic mass is 16.5. The van der Waals surface area contributed by atoms with Crippen LogP contribution in [0.1, 0.15) is 252 Å². The second-order valence-electron chi connectivity index (χ2n) is 17.8. The molecular formula is C51H95NO9. The number of aliphatic carboxylic acids is 1. The molecule has 358 valence electrons. The predicted molar refractivity (Wildman–Crippen MR) is 248 cm³/mol. The predicted octanol–water partition coefficient (Wildman–Crippen LogP) is 13.5. The average Bonchev–Trinajstić information content (AvgIpc) is 3.23. The number of unbranched alkanes of at least 4 members (excludes halogenated alkanes) is 20. The molecule has 0 saturated carbocycles. The molecule has 0 rings (SSSR count). The molecule has 0 radical (unpaired) electrons. The summed E-state index contributed by atoms with van der Waals surface area (Å²) in [5.74, 6) is -1.75. The van der Waals surface area contributed by atoms with Crippen LogP contribution in [0.2, 0.25) is 0 Å². The molecule has 61 heavy (non-hydrogen) atoms. The van der Waals surface area contributed by atoms with E-state index in [-0.39, 0.29) is 74.2 Å². The minimum absolute atomic E-state index is 0.00999. The number of carbonyl (C=O) groups excluding carboxylic acids is 4. The van der Waals surface area contributed by atoms with Crippen molar-refractivity contribution in [1.29, 1.82) is 0 Å². The smallest absolute Gasteiger partial charge is 0.325 e. The molecule has 3 unspecified atom stereocenters. The first kappa shape index (κ1) is 58.4. The second kappa shape index (κ2) is 42.6. The summed E-state index contributed by atoms with van der Waals surface area (Å²) in [6.07, 6.45) is 33.1. The minimum Gasteiger partial charge on any atom is -0.481 e. The maximum Gasteiger partial charge on any atom is 0.325 e. The van der Waals surface area contributed by atoms with Crippen molar-refractivity contribution >= 4 is 29.8 Å². The van der Waals surface area contributed by atoms with Crippen molar-refractivity contribution in [3.8, 4) is 0 Å². The van der Waals surface area contributed by atoms with E-state index in [1.807, 2.05) is 0 Å². The molecule has 0 aromatic carbocycles. The van der Waals surface area contributed by atoms with Gasteiger partial charge in [0, 0.05) is 25.8 Å². The lowest BCUT2D eigenvalue weighted by molar-refractivity contribution is -0.151. The van der Waals surface area contributed by atoms with Crippen molar-refractivity contribution < 1.29 is 43.3 Å². The number of hydrogen-bond acceptors (Lipinski definition) is 8. The number of likely N-dealkylation sites (N-methyl/N-ethyl adjacent to an activating group) is 1. The maximum absolute atomic E-state index is 13.4. The van der Waals surface area contributed by atoms with Gasteiger partial charge in [0.25, 0.3) is 0 Å². The quantitative estimate of drug-likeness (QED) is 0.0360. The molecule has 10 heteroatoms. The van der Waals surface area contributed by atoms with Crippen molar-refractivity contribution in [3.63, 3.8) is 0 Å². The normalized spacial score (nSPS) is 12.7. The van der Waals surface area contributed by atoms with Crippen LogP contribution in [0.15, 0.2) is 0 Å². The molecule has 10 nitrogen and oxygen atoms in total. The molecule has 0 heterocycles. The van der Waals surface area contributed by atoms with Crippen LogP contribution >= 0.6 is 0 Å². The Balaban J connectivity index is 4.81. The molecule has 1 N–H and O–H groups in total. The molecule has 0 saturated heterocycles. The van der Waals surface area contributed by atoms with Crippen LogP contribution in [0, 0.1) is 11.8 Å². The summed E-state index contributed by atoms with van der Waals surface area (Å²) >= 11 is 0. The van der Waals surface area contributed by atoms with Crippen LogP contribution in [0.5, 0.6) is 0 Å². The van der Waals surface area contributed by atoms with Gasteiger partial charge in [-0.1, -0.05) is 156 Å². The van der Waals surface area contributed by atoms with Crippen LogP contribution in [0.4, 0.5) is 0 Å². The highest BCUT2D eigenvalue weighted by molar-refractivity contribution is 5.83. The molecule has 3 atom stereocenters. The summed E-state index contributed by atoms with van der Waals surface area (Å²) < 4.78 is 17.1. The summed E-state index contributed by atoms with van der Waals surface area (Å²) in [6.45, 7) is 9.47. The van der Waals surface area contributed by atoms with Crippen molar-refractivity contribution in [1.82, 2.24) is 4.90 Å². The monoisotopic (exact) mass is 866 g/mol. The topological polar surface area (TPSA) is 137 Å². The summed E-state index contributed by atoms with van der Waals surface area (Å²) in [5.41, 5.74) is 0. The number of nitrogens with zero attached hydrogens (tertiary/aromatic N) is 1. The second-order valence-corrected chi connectivity index (χ2v) is 17.8. The van der Waals surface area contributed by atoms with Gasteiger partial charge in [-0.15, -0.1) is 0 Å². The number of carboxylic acid groups (broad SMARTS) is 1. The van der Waals surface area contributed by atoms with E-state index in [4.69, 9.17) is 19.3 Å². The number of esters is 3. The third-order valence-corrected chi connectivity index (χ3v) is 12.0. The van der Waals surface area contributed by atoms with Gasteiger partial charge in [-0.25, -0.2) is 0 Å². The van der Waals surface area contributed by atoms with Gasteiger partial charge in [0.1, 0.15) is 12.6 Å². The lowest BCUT2D eigenvalue weighted by Gasteiger charge is -2.23. The van der Waals surface area contributed by atoms with Gasteiger partial charge in [-0.3, -0.25) is 24.0 Å². The summed E-state index contributed by atoms with van der Waals surface area (Å²) in [5, 5.41) is 8.97. The van der Waals surface area contributed by atoms with Gasteiger partial charge in [-0.05, 0) is 83.5 Å². The van der Waals surface area contributed by atoms with Gasteiger partial charge < -0.3 is 24.2 Å². The highest BCUT2D eigenvalue weighted by Crippen LogP contribution is 2.23. The van der Waals surface area contributed by atoms with Crippen molar-refractivity contribution in [3.05, 3.63) is 0 Å². The fourth-order valence-electron chi connectivity index (χ4n) is 8.05. The Morgan fingerprint density at radius 2 is 0.836 bits per heavy atom. The average molecular weight is 866 g/mol. The van der Waals surface area contributed by atoms with Crippen LogP contribution in [0.3, 0.4) is 0 Å². The molecule has 0 aromatic rings. The summed E-state index contributed by atoms with van der Waals surface area (Å²) in [6, 6.07) is 0. The Hall–Kier alpha value is -2.65. The Morgan fingerprint density at radius 1 is 0.443 bits per heavy atom. The summed E-state index contributed by atoms with van der Waals surface area (Å²) in [7, 11) is 1.71. The van der Waals surface area contributed by atoms with Crippen LogP contribution in [-0.4, -0.2) is 72.7 Å². The molecule has 0 fully saturated rings. The molecule has 0 bridgehead atoms. The van der Waals surface area contributed by atoms with E-state index >= 15 is 0 Å². The SMILES string of the molecule is CCCCCCCCC(CCCCCC)C(=O)OCCCCCC(CCCCCOC(=O)CN(C)C(=O)C(CCCCCC)CCCCCCCC)OC(=O)CCCC(=O)O. The zero-order valence-corrected chi connectivity index (χ0v) is 40.3. The van der Waals surface area contributed by atoms with Crippen LogP contribution < -0.4 is 0 Å². The lowest BCUT2D eigenvalue weighted by atomic mass is 9.93. The number of carboxylic acids is 1. The van der Waals surface area contributed by atoms with Crippen LogP contribution in [0.25, 0.3) is 0 Å². The third kappa shape index (κ3) is 36.5. The summed E-state index contributed by atoms with van der Waals surface area (Å²) in [4.78, 5) is 64.2. The largest absolute Gasteiger partial charge is 0.481 e. The Morgan fingerprint density at radius 3 is 1.31 bits per heavy atom. The number of ether oxygens (including phenoxy) is 3. The standard InChI is InChI=1S/C51H95NO9/c1-6-10-14-18-20-26-34-44(33-24-16-12-8-3)50(57)52(5)43-49(56)59-41-30-22-28-37-46(61-48(55)40-32-39-47(53)54)38-29-23-31-42-60-51(58)45(35-25-17-13-9-4)36-27-21-19-15-11-7-2/h44-46H,6-43H2,1-5H3,(H,53,54). The Bertz CT molecular complexity index is 1080. The van der Waals surface area contributed by atoms with Crippen LogP contribution in [-0.2, 0) is 38.2 Å². The highest BCUT2D eigenvalue weighted by Gasteiger charge is 2.24. The number of carbonyl (C=O) groups is 5. The van der Waals surface area contributed by atoms with Crippen molar-refractivity contribution in [2.24, 2.45) is 11.8 Å². The first-order chi connectivity index (χ1) is 29.6. The van der Waals surface area contributed by atoms with E-state index in [0.717, 1.165) is 109 Å². The molecule has 0 aromatic heterocycles. The molecule has 0 aliphatic rings. The molecule has 0 spiro atoms. The molecule has 1 amide bonds. The van der Waals surface area contributed by atoms with Gasteiger partial charge in [0.2, 0.25) is 5.91 Å². The molecular weight excluding hydrogens is 771 g/mol. The number of amides is 1. The molecule has 0 aliphatic carbocycles. The third-order valence-electron chi connectivity index (χ3n) is 12.0. The van der Waals surface area contributed by atoms with E-state index in [2.05, 4.69) is 27.7 Å². The zero-order valence-electron chi connectivity index (χ0n) is 40.3. The Labute approximate surface area is 374 Å². The number of rotatable bonds is 45. The van der Waals surface area contributed by atoms with Gasteiger partial charge >= 0.3 is 23.9 Å². The maximum atomic E-state index is 13.4. The Kier molecular flexibility index (Phi) is 40.8. The first-order valence-corrected chi connectivity index (χ1v) is 25.6. The zero-order chi connectivity index (χ0) is 45.2. The van der Waals surface area contributed by atoms with E-state index < -0.39 is 5.97 Å². The van der Waals surface area contributed by atoms with E-state index in [1.54, 1.807) is 11.9 Å². The minimum atomic E-state index is -0.931. The number of hydrogen-bond donors (Lipinski definition) is 1.